The van der Waals surface area contributed by atoms with Gasteiger partial charge in [-0.1, -0.05) is 48.5 Å². The Labute approximate surface area is 153 Å². The zero-order chi connectivity index (χ0) is 17.6. The molecule has 3 aromatic carbocycles. The summed E-state index contributed by atoms with van der Waals surface area (Å²) in [5.41, 5.74) is 4.88. The van der Waals surface area contributed by atoms with E-state index in [-0.39, 0.29) is 5.91 Å². The molecular weight excluding hydrogens is 326 g/mol. The number of carbonyl (C=O) groups is 1. The molecule has 0 radical (unpaired) electrons. The van der Waals surface area contributed by atoms with Crippen molar-refractivity contribution in [3.8, 4) is 0 Å². The summed E-state index contributed by atoms with van der Waals surface area (Å²) in [7, 11) is 0. The van der Waals surface area contributed by atoms with Crippen LogP contribution < -0.4 is 5.32 Å². The summed E-state index contributed by atoms with van der Waals surface area (Å²) in [6, 6.07) is 24.2. The number of hydrogen-bond acceptors (Lipinski definition) is 2. The van der Waals surface area contributed by atoms with Gasteiger partial charge in [0.15, 0.2) is 0 Å². The van der Waals surface area contributed by atoms with Gasteiger partial charge in [-0.15, -0.1) is 11.8 Å². The minimum atomic E-state index is -0.0624. The van der Waals surface area contributed by atoms with Gasteiger partial charge in [0.2, 0.25) is 0 Å². The number of thioether (sulfide) groups is 1. The highest BCUT2D eigenvalue weighted by Gasteiger charge is 2.10. The number of carbonyl (C=O) groups excluding carboxylic acids is 1. The number of anilines is 1. The molecule has 2 nitrogen and oxygen atoms in total. The van der Waals surface area contributed by atoms with E-state index in [0.29, 0.717) is 5.56 Å². The van der Waals surface area contributed by atoms with Crippen LogP contribution in [-0.4, -0.2) is 5.91 Å². The number of hydrogen-bond donors (Lipinski definition) is 1. The maximum atomic E-state index is 12.5. The smallest absolute Gasteiger partial charge is 0.255 e. The van der Waals surface area contributed by atoms with Crippen LogP contribution in [-0.2, 0) is 5.75 Å². The van der Waals surface area contributed by atoms with Gasteiger partial charge in [-0.3, -0.25) is 4.79 Å². The average molecular weight is 347 g/mol. The van der Waals surface area contributed by atoms with Crippen LogP contribution in [0.4, 0.5) is 5.69 Å². The quantitative estimate of drug-likeness (QED) is 0.587. The highest BCUT2D eigenvalue weighted by Crippen LogP contribution is 2.25. The molecule has 0 saturated heterocycles. The first-order chi connectivity index (χ1) is 12.1. The number of nitrogens with one attached hydrogen (secondary N) is 1. The standard InChI is InChI=1S/C22H21NOS/c1-16-8-6-7-11-20(16)22(24)23-21-13-12-18(14-17(21)2)15-25-19-9-4-3-5-10-19/h3-14H,15H2,1-2H3,(H,23,24). The molecule has 126 valence electrons. The van der Waals surface area contributed by atoms with Crippen molar-refractivity contribution in [3.05, 3.63) is 95.1 Å². The van der Waals surface area contributed by atoms with Crippen molar-refractivity contribution in [3.63, 3.8) is 0 Å². The van der Waals surface area contributed by atoms with Gasteiger partial charge in [0, 0.05) is 21.9 Å². The molecular formula is C22H21NOS. The van der Waals surface area contributed by atoms with E-state index in [1.165, 1.54) is 10.5 Å². The van der Waals surface area contributed by atoms with E-state index in [9.17, 15) is 4.79 Å². The maximum absolute atomic E-state index is 12.5. The Kier molecular flexibility index (Phi) is 5.56. The van der Waals surface area contributed by atoms with Gasteiger partial charge in [0.25, 0.3) is 5.91 Å². The Morgan fingerprint density at radius 2 is 1.60 bits per heavy atom. The zero-order valence-corrected chi connectivity index (χ0v) is 15.3. The molecule has 0 bridgehead atoms. The average Bonchev–Trinajstić information content (AvgIpc) is 2.63. The number of amides is 1. The van der Waals surface area contributed by atoms with E-state index in [1.807, 2.05) is 62.0 Å². The summed E-state index contributed by atoms with van der Waals surface area (Å²) in [5, 5.41) is 3.02. The highest BCUT2D eigenvalue weighted by atomic mass is 32.2. The van der Waals surface area contributed by atoms with Crippen LogP contribution in [0, 0.1) is 13.8 Å². The lowest BCUT2D eigenvalue weighted by atomic mass is 10.1. The summed E-state index contributed by atoms with van der Waals surface area (Å²) >= 11 is 1.81. The zero-order valence-electron chi connectivity index (χ0n) is 14.5. The second-order valence-electron chi connectivity index (χ2n) is 6.02. The molecule has 0 aliphatic heterocycles. The SMILES string of the molecule is Cc1cc(CSc2ccccc2)ccc1NC(=O)c1ccccc1C. The minimum absolute atomic E-state index is 0.0624. The van der Waals surface area contributed by atoms with Gasteiger partial charge >= 0.3 is 0 Å². The van der Waals surface area contributed by atoms with Crippen molar-refractivity contribution in [2.45, 2.75) is 24.5 Å². The molecule has 0 saturated carbocycles. The second kappa shape index (κ2) is 8.04. The van der Waals surface area contributed by atoms with Crippen molar-refractivity contribution >= 4 is 23.4 Å². The molecule has 0 aliphatic carbocycles. The predicted octanol–water partition coefficient (Wildman–Crippen LogP) is 5.85. The van der Waals surface area contributed by atoms with Crippen LogP contribution in [0.3, 0.4) is 0 Å². The Hall–Kier alpha value is -2.52. The summed E-state index contributed by atoms with van der Waals surface area (Å²) < 4.78 is 0. The molecule has 0 unspecified atom stereocenters. The van der Waals surface area contributed by atoms with Gasteiger partial charge in [-0.05, 0) is 54.8 Å². The van der Waals surface area contributed by atoms with Crippen LogP contribution in [0.25, 0.3) is 0 Å². The van der Waals surface area contributed by atoms with Gasteiger partial charge in [0.05, 0.1) is 0 Å². The number of aryl methyl sites for hydroxylation is 2. The van der Waals surface area contributed by atoms with Gasteiger partial charge < -0.3 is 5.32 Å². The second-order valence-corrected chi connectivity index (χ2v) is 7.07. The lowest BCUT2D eigenvalue weighted by molar-refractivity contribution is 0.102. The van der Waals surface area contributed by atoms with Crippen molar-refractivity contribution in [2.24, 2.45) is 0 Å². The molecule has 25 heavy (non-hydrogen) atoms. The lowest BCUT2D eigenvalue weighted by Crippen LogP contribution is -2.14. The van der Waals surface area contributed by atoms with E-state index in [0.717, 1.165) is 22.6 Å². The summed E-state index contributed by atoms with van der Waals surface area (Å²) in [4.78, 5) is 13.7. The van der Waals surface area contributed by atoms with Gasteiger partial charge in [-0.25, -0.2) is 0 Å². The van der Waals surface area contributed by atoms with Crippen LogP contribution in [0.2, 0.25) is 0 Å². The normalized spacial score (nSPS) is 10.5. The topological polar surface area (TPSA) is 29.1 Å². The fourth-order valence-corrected chi connectivity index (χ4v) is 3.52. The van der Waals surface area contributed by atoms with Crippen molar-refractivity contribution in [1.29, 1.82) is 0 Å². The number of rotatable bonds is 5. The third-order valence-electron chi connectivity index (χ3n) is 4.08. The monoisotopic (exact) mass is 347 g/mol. The van der Waals surface area contributed by atoms with Crippen molar-refractivity contribution in [2.75, 3.05) is 5.32 Å². The Morgan fingerprint density at radius 1 is 0.880 bits per heavy atom. The van der Waals surface area contributed by atoms with Crippen LogP contribution in [0.1, 0.15) is 27.0 Å². The van der Waals surface area contributed by atoms with E-state index < -0.39 is 0 Å². The Morgan fingerprint density at radius 3 is 2.32 bits per heavy atom. The van der Waals surface area contributed by atoms with E-state index in [2.05, 4.69) is 41.7 Å². The molecule has 0 fully saturated rings. The maximum Gasteiger partial charge on any atom is 0.255 e. The number of benzene rings is 3. The fourth-order valence-electron chi connectivity index (χ4n) is 2.66. The first-order valence-corrected chi connectivity index (χ1v) is 9.26. The highest BCUT2D eigenvalue weighted by molar-refractivity contribution is 7.98. The van der Waals surface area contributed by atoms with Gasteiger partial charge in [-0.2, -0.15) is 0 Å². The third kappa shape index (κ3) is 4.52. The summed E-state index contributed by atoms with van der Waals surface area (Å²) in [6.07, 6.45) is 0. The Balaban J connectivity index is 1.68. The first-order valence-electron chi connectivity index (χ1n) is 8.28. The van der Waals surface area contributed by atoms with Crippen molar-refractivity contribution < 1.29 is 4.79 Å². The molecule has 0 atom stereocenters. The molecule has 3 aromatic rings. The molecule has 0 heterocycles. The predicted molar refractivity (Wildman–Crippen MR) is 106 cm³/mol. The molecule has 3 heteroatoms. The molecule has 1 amide bonds. The van der Waals surface area contributed by atoms with Crippen molar-refractivity contribution in [1.82, 2.24) is 0 Å². The van der Waals surface area contributed by atoms with E-state index in [4.69, 9.17) is 0 Å². The molecule has 0 spiro atoms. The minimum Gasteiger partial charge on any atom is -0.322 e. The first kappa shape index (κ1) is 17.3. The Bertz CT molecular complexity index is 874. The largest absolute Gasteiger partial charge is 0.322 e. The summed E-state index contributed by atoms with van der Waals surface area (Å²) in [5.74, 6) is 0.851. The molecule has 0 aliphatic rings. The van der Waals surface area contributed by atoms with Crippen LogP contribution >= 0.6 is 11.8 Å². The third-order valence-corrected chi connectivity index (χ3v) is 5.16. The fraction of sp³-hybridized carbons (Fsp3) is 0.136. The van der Waals surface area contributed by atoms with Gasteiger partial charge in [0.1, 0.15) is 0 Å². The summed E-state index contributed by atoms with van der Waals surface area (Å²) in [6.45, 7) is 3.98. The van der Waals surface area contributed by atoms with Crippen LogP contribution in [0.15, 0.2) is 77.7 Å². The lowest BCUT2D eigenvalue weighted by Gasteiger charge is -2.11. The molecule has 1 N–H and O–H groups in total. The molecule has 0 aromatic heterocycles. The molecule has 3 rings (SSSR count). The van der Waals surface area contributed by atoms with E-state index >= 15 is 0 Å². The van der Waals surface area contributed by atoms with Crippen LogP contribution in [0.5, 0.6) is 0 Å². The van der Waals surface area contributed by atoms with E-state index in [1.54, 1.807) is 0 Å².